The Kier molecular flexibility index (Phi) is 8.41. The summed E-state index contributed by atoms with van der Waals surface area (Å²) in [5, 5.41) is 4.70. The second-order valence-electron chi connectivity index (χ2n) is 3.67. The molecule has 0 aromatic rings. The van der Waals surface area contributed by atoms with Crippen LogP contribution in [0.3, 0.4) is 0 Å². The second kappa shape index (κ2) is 8.63. The first-order chi connectivity index (χ1) is 7.85. The van der Waals surface area contributed by atoms with Crippen LogP contribution in [0.1, 0.15) is 20.3 Å². The Morgan fingerprint density at radius 2 is 2.06 bits per heavy atom. The molecular formula is C10H19F3N2OS. The number of halogens is 3. The van der Waals surface area contributed by atoms with E-state index in [-0.39, 0.29) is 12.6 Å². The molecule has 0 radical (unpaired) electrons. The van der Waals surface area contributed by atoms with Crippen LogP contribution in [0.25, 0.3) is 0 Å². The van der Waals surface area contributed by atoms with Gasteiger partial charge in [-0.25, -0.2) is 0 Å². The number of nitrogens with one attached hydrogen (secondary N) is 2. The Labute approximate surface area is 104 Å². The highest BCUT2D eigenvalue weighted by Gasteiger charge is 2.26. The maximum Gasteiger partial charge on any atom is 0.401 e. The van der Waals surface area contributed by atoms with Gasteiger partial charge in [0.25, 0.3) is 0 Å². The van der Waals surface area contributed by atoms with Gasteiger partial charge in [0.05, 0.1) is 13.1 Å². The standard InChI is InChI=1S/C10H19F3N2OS/c1-3-17-5-4-8(2)15-9(16)6-14-7-10(11,12)13/h8,14H,3-7H2,1-2H3,(H,15,16). The molecule has 7 heteroatoms. The molecule has 0 spiro atoms. The normalized spacial score (nSPS) is 13.5. The van der Waals surface area contributed by atoms with Gasteiger partial charge in [0.15, 0.2) is 0 Å². The van der Waals surface area contributed by atoms with Gasteiger partial charge in [-0.05, 0) is 24.9 Å². The minimum atomic E-state index is -4.27. The minimum absolute atomic E-state index is 0.00534. The molecule has 1 amide bonds. The lowest BCUT2D eigenvalue weighted by molar-refractivity contribution is -0.128. The lowest BCUT2D eigenvalue weighted by atomic mass is 10.2. The smallest absolute Gasteiger partial charge is 0.353 e. The molecule has 3 nitrogen and oxygen atoms in total. The van der Waals surface area contributed by atoms with Gasteiger partial charge in [-0.15, -0.1) is 0 Å². The summed E-state index contributed by atoms with van der Waals surface area (Å²) in [6.45, 7) is 2.46. The Hall–Kier alpha value is -0.430. The largest absolute Gasteiger partial charge is 0.401 e. The van der Waals surface area contributed by atoms with Gasteiger partial charge >= 0.3 is 6.18 Å². The van der Waals surface area contributed by atoms with E-state index in [1.54, 1.807) is 11.8 Å². The summed E-state index contributed by atoms with van der Waals surface area (Å²) >= 11 is 1.77. The van der Waals surface area contributed by atoms with Crippen molar-refractivity contribution in [1.29, 1.82) is 0 Å². The van der Waals surface area contributed by atoms with Crippen molar-refractivity contribution in [2.45, 2.75) is 32.5 Å². The summed E-state index contributed by atoms with van der Waals surface area (Å²) < 4.78 is 35.3. The average molecular weight is 272 g/mol. The zero-order valence-electron chi connectivity index (χ0n) is 10.1. The fourth-order valence-corrected chi connectivity index (χ4v) is 1.93. The van der Waals surface area contributed by atoms with Gasteiger partial charge in [-0.1, -0.05) is 6.92 Å². The average Bonchev–Trinajstić information content (AvgIpc) is 2.15. The molecule has 0 aliphatic heterocycles. The molecule has 1 atom stereocenters. The number of carbonyl (C=O) groups excluding carboxylic acids is 1. The molecule has 17 heavy (non-hydrogen) atoms. The van der Waals surface area contributed by atoms with Crippen molar-refractivity contribution in [3.63, 3.8) is 0 Å². The fourth-order valence-electron chi connectivity index (χ4n) is 1.12. The Balaban J connectivity index is 3.57. The molecule has 0 aromatic carbocycles. The number of carbonyl (C=O) groups is 1. The van der Waals surface area contributed by atoms with E-state index in [4.69, 9.17) is 0 Å². The maximum atomic E-state index is 11.8. The van der Waals surface area contributed by atoms with Gasteiger partial charge in [0.2, 0.25) is 5.91 Å². The second-order valence-corrected chi connectivity index (χ2v) is 5.07. The number of amides is 1. The van der Waals surface area contributed by atoms with Gasteiger partial charge < -0.3 is 10.6 Å². The van der Waals surface area contributed by atoms with Crippen molar-refractivity contribution in [3.8, 4) is 0 Å². The number of hydrogen-bond donors (Lipinski definition) is 2. The van der Waals surface area contributed by atoms with E-state index >= 15 is 0 Å². The highest BCUT2D eigenvalue weighted by atomic mass is 32.2. The molecule has 0 fully saturated rings. The van der Waals surface area contributed by atoms with Crippen LogP contribution in [0.5, 0.6) is 0 Å². The first kappa shape index (κ1) is 16.6. The third-order valence-electron chi connectivity index (χ3n) is 1.92. The minimum Gasteiger partial charge on any atom is -0.353 e. The van der Waals surface area contributed by atoms with Crippen molar-refractivity contribution in [2.75, 3.05) is 24.6 Å². The Bertz CT molecular complexity index is 224. The molecule has 0 aliphatic rings. The number of hydrogen-bond acceptors (Lipinski definition) is 3. The van der Waals surface area contributed by atoms with E-state index in [0.29, 0.717) is 0 Å². The Morgan fingerprint density at radius 3 is 2.59 bits per heavy atom. The van der Waals surface area contributed by atoms with Crippen LogP contribution >= 0.6 is 11.8 Å². The van der Waals surface area contributed by atoms with Crippen LogP contribution in [0.15, 0.2) is 0 Å². The van der Waals surface area contributed by atoms with Crippen molar-refractivity contribution >= 4 is 17.7 Å². The summed E-state index contributed by atoms with van der Waals surface area (Å²) in [5.41, 5.74) is 0. The summed E-state index contributed by atoms with van der Waals surface area (Å²) in [4.78, 5) is 11.2. The molecule has 0 aliphatic carbocycles. The van der Waals surface area contributed by atoms with Crippen LogP contribution in [0, 0.1) is 0 Å². The lowest BCUT2D eigenvalue weighted by Gasteiger charge is -2.14. The highest BCUT2D eigenvalue weighted by molar-refractivity contribution is 7.99. The molecule has 2 N–H and O–H groups in total. The lowest BCUT2D eigenvalue weighted by Crippen LogP contribution is -2.41. The van der Waals surface area contributed by atoms with Crippen LogP contribution in [-0.4, -0.2) is 42.7 Å². The molecule has 0 rings (SSSR count). The van der Waals surface area contributed by atoms with Crippen molar-refractivity contribution < 1.29 is 18.0 Å². The topological polar surface area (TPSA) is 41.1 Å². The van der Waals surface area contributed by atoms with Crippen LogP contribution in [-0.2, 0) is 4.79 Å². The molecule has 0 saturated carbocycles. The molecule has 0 bridgehead atoms. The zero-order chi connectivity index (χ0) is 13.3. The van der Waals surface area contributed by atoms with Gasteiger partial charge in [-0.3, -0.25) is 4.79 Å². The quantitative estimate of drug-likeness (QED) is 0.662. The summed E-state index contributed by atoms with van der Waals surface area (Å²) in [7, 11) is 0. The van der Waals surface area contributed by atoms with Crippen molar-refractivity contribution in [1.82, 2.24) is 10.6 Å². The first-order valence-corrected chi connectivity index (χ1v) is 6.65. The number of thioether (sulfide) groups is 1. The van der Waals surface area contributed by atoms with E-state index in [1.165, 1.54) is 0 Å². The van der Waals surface area contributed by atoms with Crippen molar-refractivity contribution in [2.24, 2.45) is 0 Å². The molecule has 0 aromatic heterocycles. The first-order valence-electron chi connectivity index (χ1n) is 5.49. The van der Waals surface area contributed by atoms with Crippen LogP contribution < -0.4 is 10.6 Å². The van der Waals surface area contributed by atoms with E-state index < -0.39 is 18.6 Å². The number of alkyl halides is 3. The monoisotopic (exact) mass is 272 g/mol. The molecule has 102 valence electrons. The predicted molar refractivity (Wildman–Crippen MR) is 64.1 cm³/mol. The van der Waals surface area contributed by atoms with Gasteiger partial charge in [0.1, 0.15) is 0 Å². The molecule has 0 heterocycles. The van der Waals surface area contributed by atoms with Gasteiger partial charge in [0, 0.05) is 6.04 Å². The number of rotatable bonds is 8. The molecule has 1 unspecified atom stereocenters. The van der Waals surface area contributed by atoms with E-state index in [0.717, 1.165) is 17.9 Å². The molecular weight excluding hydrogens is 253 g/mol. The summed E-state index contributed by atoms with van der Waals surface area (Å²) in [6, 6.07) is -0.00534. The maximum absolute atomic E-state index is 11.8. The SMILES string of the molecule is CCSCCC(C)NC(=O)CNCC(F)(F)F. The third-order valence-corrected chi connectivity index (χ3v) is 2.85. The summed E-state index contributed by atoms with van der Waals surface area (Å²) in [6.07, 6.45) is -3.45. The zero-order valence-corrected chi connectivity index (χ0v) is 10.9. The van der Waals surface area contributed by atoms with Crippen LogP contribution in [0.2, 0.25) is 0 Å². The molecule has 0 saturated heterocycles. The third kappa shape index (κ3) is 11.8. The van der Waals surface area contributed by atoms with Gasteiger partial charge in [-0.2, -0.15) is 24.9 Å². The van der Waals surface area contributed by atoms with Crippen LogP contribution in [0.4, 0.5) is 13.2 Å². The van der Waals surface area contributed by atoms with E-state index in [1.807, 2.05) is 6.92 Å². The predicted octanol–water partition coefficient (Wildman–Crippen LogP) is 1.79. The van der Waals surface area contributed by atoms with E-state index in [2.05, 4.69) is 17.6 Å². The fraction of sp³-hybridized carbons (Fsp3) is 0.900. The summed E-state index contributed by atoms with van der Waals surface area (Å²) in [5.74, 6) is 1.56. The van der Waals surface area contributed by atoms with Crippen molar-refractivity contribution in [3.05, 3.63) is 0 Å². The highest BCUT2D eigenvalue weighted by Crippen LogP contribution is 2.11. The van der Waals surface area contributed by atoms with E-state index in [9.17, 15) is 18.0 Å². The Morgan fingerprint density at radius 1 is 1.41 bits per heavy atom.